The van der Waals surface area contributed by atoms with Crippen LogP contribution in [0.1, 0.15) is 26.3 Å². The molecule has 2 nitrogen and oxygen atoms in total. The molecule has 0 aliphatic carbocycles. The van der Waals surface area contributed by atoms with Gasteiger partial charge >= 0.3 is 0 Å². The van der Waals surface area contributed by atoms with Gasteiger partial charge in [0, 0.05) is 5.69 Å². The van der Waals surface area contributed by atoms with Gasteiger partial charge < -0.3 is 5.32 Å². The second-order valence-electron chi connectivity index (χ2n) is 4.70. The van der Waals surface area contributed by atoms with Gasteiger partial charge in [0.15, 0.2) is 0 Å². The number of hydrogen-bond donors (Lipinski definition) is 1. The van der Waals surface area contributed by atoms with Gasteiger partial charge in [-0.15, -0.1) is 0 Å². The second kappa shape index (κ2) is 4.27. The van der Waals surface area contributed by atoms with Gasteiger partial charge in [-0.3, -0.25) is 4.79 Å². The number of anilines is 1. The molecule has 14 heavy (non-hydrogen) atoms. The van der Waals surface area contributed by atoms with Crippen LogP contribution in [0, 0.1) is 5.41 Å². The summed E-state index contributed by atoms with van der Waals surface area (Å²) in [6.45, 7) is 6.64. The first-order chi connectivity index (χ1) is 6.51. The number of carbonyl (C=O) groups is 1. The third-order valence-electron chi connectivity index (χ3n) is 1.91. The zero-order valence-electron chi connectivity index (χ0n) is 9.00. The SMILES string of the molecule is CC(C)(C)Cc1ccc(NC=O)cc1. The van der Waals surface area contributed by atoms with Crippen molar-refractivity contribution in [3.05, 3.63) is 29.8 Å². The van der Waals surface area contributed by atoms with Crippen LogP contribution in [0.4, 0.5) is 5.69 Å². The highest BCUT2D eigenvalue weighted by Crippen LogP contribution is 2.21. The maximum absolute atomic E-state index is 10.2. The Hall–Kier alpha value is -1.31. The fraction of sp³-hybridized carbons (Fsp3) is 0.417. The normalized spacial score (nSPS) is 11.1. The van der Waals surface area contributed by atoms with E-state index in [4.69, 9.17) is 0 Å². The van der Waals surface area contributed by atoms with E-state index in [9.17, 15) is 4.79 Å². The highest BCUT2D eigenvalue weighted by atomic mass is 16.1. The molecule has 76 valence electrons. The van der Waals surface area contributed by atoms with Crippen molar-refractivity contribution in [2.75, 3.05) is 5.32 Å². The lowest BCUT2D eigenvalue weighted by Gasteiger charge is -2.18. The number of carbonyl (C=O) groups excluding carboxylic acids is 1. The van der Waals surface area contributed by atoms with Crippen LogP contribution in [0.2, 0.25) is 0 Å². The van der Waals surface area contributed by atoms with Crippen molar-refractivity contribution in [2.24, 2.45) is 5.41 Å². The molecule has 0 aromatic heterocycles. The molecule has 1 N–H and O–H groups in total. The van der Waals surface area contributed by atoms with Crippen LogP contribution < -0.4 is 5.32 Å². The molecule has 0 heterocycles. The summed E-state index contributed by atoms with van der Waals surface area (Å²) in [5, 5.41) is 2.62. The minimum absolute atomic E-state index is 0.305. The number of benzene rings is 1. The van der Waals surface area contributed by atoms with E-state index in [1.165, 1.54) is 5.56 Å². The van der Waals surface area contributed by atoms with Crippen LogP contribution >= 0.6 is 0 Å². The molecule has 0 aliphatic heterocycles. The third-order valence-corrected chi connectivity index (χ3v) is 1.91. The van der Waals surface area contributed by atoms with Crippen LogP contribution in [0.25, 0.3) is 0 Å². The molecule has 0 saturated carbocycles. The Balaban J connectivity index is 2.68. The predicted octanol–water partition coefficient (Wildman–Crippen LogP) is 2.84. The molecular weight excluding hydrogens is 174 g/mol. The monoisotopic (exact) mass is 191 g/mol. The van der Waals surface area contributed by atoms with E-state index in [2.05, 4.69) is 38.2 Å². The van der Waals surface area contributed by atoms with E-state index < -0.39 is 0 Å². The molecule has 2 heteroatoms. The molecule has 0 radical (unpaired) electrons. The van der Waals surface area contributed by atoms with E-state index in [1.807, 2.05) is 12.1 Å². The topological polar surface area (TPSA) is 29.1 Å². The summed E-state index contributed by atoms with van der Waals surface area (Å²) in [7, 11) is 0. The van der Waals surface area contributed by atoms with E-state index in [1.54, 1.807) is 0 Å². The molecule has 1 aromatic carbocycles. The van der Waals surface area contributed by atoms with Crippen molar-refractivity contribution in [1.29, 1.82) is 0 Å². The largest absolute Gasteiger partial charge is 0.329 e. The molecule has 1 rings (SSSR count). The summed E-state index contributed by atoms with van der Waals surface area (Å²) in [5.74, 6) is 0. The van der Waals surface area contributed by atoms with Crippen molar-refractivity contribution in [2.45, 2.75) is 27.2 Å². The van der Waals surface area contributed by atoms with Crippen LogP contribution in [0.15, 0.2) is 24.3 Å². The Bertz CT molecular complexity index is 295. The summed E-state index contributed by atoms with van der Waals surface area (Å²) in [6, 6.07) is 7.96. The molecular formula is C12H17NO. The van der Waals surface area contributed by atoms with E-state index in [0.717, 1.165) is 12.1 Å². The third kappa shape index (κ3) is 3.60. The van der Waals surface area contributed by atoms with Gasteiger partial charge in [-0.2, -0.15) is 0 Å². The molecule has 0 fully saturated rings. The van der Waals surface area contributed by atoms with E-state index >= 15 is 0 Å². The molecule has 0 bridgehead atoms. The minimum atomic E-state index is 0.305. The van der Waals surface area contributed by atoms with Gasteiger partial charge in [-0.25, -0.2) is 0 Å². The Morgan fingerprint density at radius 2 is 1.79 bits per heavy atom. The Morgan fingerprint density at radius 1 is 1.21 bits per heavy atom. The molecule has 0 aliphatic rings. The highest BCUT2D eigenvalue weighted by molar-refractivity contribution is 5.71. The van der Waals surface area contributed by atoms with Crippen molar-refractivity contribution in [1.82, 2.24) is 0 Å². The van der Waals surface area contributed by atoms with Crippen molar-refractivity contribution in [3.63, 3.8) is 0 Å². The summed E-state index contributed by atoms with van der Waals surface area (Å²) in [4.78, 5) is 10.2. The van der Waals surface area contributed by atoms with Gasteiger partial charge in [0.25, 0.3) is 0 Å². The number of hydrogen-bond acceptors (Lipinski definition) is 1. The molecule has 0 atom stereocenters. The van der Waals surface area contributed by atoms with E-state index in [-0.39, 0.29) is 0 Å². The standard InChI is InChI=1S/C12H17NO/c1-12(2,3)8-10-4-6-11(7-5-10)13-9-14/h4-7,9H,8H2,1-3H3,(H,13,14). The molecule has 0 unspecified atom stereocenters. The average molecular weight is 191 g/mol. The zero-order chi connectivity index (χ0) is 10.6. The van der Waals surface area contributed by atoms with Crippen molar-refractivity contribution >= 4 is 12.1 Å². The molecule has 1 amide bonds. The van der Waals surface area contributed by atoms with Gasteiger partial charge in [0.1, 0.15) is 0 Å². The summed E-state index contributed by atoms with van der Waals surface area (Å²) in [5.41, 5.74) is 2.45. The van der Waals surface area contributed by atoms with Crippen LogP contribution in [-0.4, -0.2) is 6.41 Å². The zero-order valence-corrected chi connectivity index (χ0v) is 9.00. The van der Waals surface area contributed by atoms with E-state index in [0.29, 0.717) is 11.8 Å². The molecule has 0 saturated heterocycles. The van der Waals surface area contributed by atoms with Crippen LogP contribution in [0.3, 0.4) is 0 Å². The first kappa shape index (κ1) is 10.8. The maximum Gasteiger partial charge on any atom is 0.211 e. The van der Waals surface area contributed by atoms with Crippen LogP contribution in [0.5, 0.6) is 0 Å². The summed E-state index contributed by atoms with van der Waals surface area (Å²) in [6.07, 6.45) is 1.74. The Kier molecular flexibility index (Phi) is 3.28. The summed E-state index contributed by atoms with van der Waals surface area (Å²) >= 11 is 0. The fourth-order valence-corrected chi connectivity index (χ4v) is 1.40. The highest BCUT2D eigenvalue weighted by Gasteiger charge is 2.10. The number of nitrogens with one attached hydrogen (secondary N) is 1. The van der Waals surface area contributed by atoms with Gasteiger partial charge in [0.05, 0.1) is 0 Å². The van der Waals surface area contributed by atoms with Gasteiger partial charge in [-0.1, -0.05) is 32.9 Å². The Morgan fingerprint density at radius 3 is 2.21 bits per heavy atom. The minimum Gasteiger partial charge on any atom is -0.329 e. The average Bonchev–Trinajstić information content (AvgIpc) is 2.06. The quantitative estimate of drug-likeness (QED) is 0.731. The first-order valence-electron chi connectivity index (χ1n) is 4.80. The second-order valence-corrected chi connectivity index (χ2v) is 4.70. The predicted molar refractivity (Wildman–Crippen MR) is 59.3 cm³/mol. The van der Waals surface area contributed by atoms with Gasteiger partial charge in [-0.05, 0) is 29.5 Å². The van der Waals surface area contributed by atoms with Crippen molar-refractivity contribution < 1.29 is 4.79 Å². The first-order valence-corrected chi connectivity index (χ1v) is 4.80. The molecule has 0 spiro atoms. The van der Waals surface area contributed by atoms with Gasteiger partial charge in [0.2, 0.25) is 6.41 Å². The Labute approximate surface area is 85.3 Å². The smallest absolute Gasteiger partial charge is 0.211 e. The van der Waals surface area contributed by atoms with Crippen LogP contribution in [-0.2, 0) is 11.2 Å². The number of amides is 1. The lowest BCUT2D eigenvalue weighted by Crippen LogP contribution is -2.08. The lowest BCUT2D eigenvalue weighted by molar-refractivity contribution is -0.105. The lowest BCUT2D eigenvalue weighted by atomic mass is 9.88. The van der Waals surface area contributed by atoms with Crippen molar-refractivity contribution in [3.8, 4) is 0 Å². The maximum atomic E-state index is 10.2. The summed E-state index contributed by atoms with van der Waals surface area (Å²) < 4.78 is 0. The fourth-order valence-electron chi connectivity index (χ4n) is 1.40. The number of rotatable bonds is 3. The molecule has 1 aromatic rings.